The Hall–Kier alpha value is -4.10. The molecule has 1 amide bonds. The van der Waals surface area contributed by atoms with Crippen LogP contribution in [0.1, 0.15) is 46.5 Å². The lowest BCUT2D eigenvalue weighted by Crippen LogP contribution is -2.40. The summed E-state index contributed by atoms with van der Waals surface area (Å²) < 4.78 is 65.0. The number of aromatic nitrogens is 3. The highest BCUT2D eigenvalue weighted by Crippen LogP contribution is 2.37. The molecular formula is C27H25F4N5O4. The first kappa shape index (κ1) is 27.5. The van der Waals surface area contributed by atoms with Gasteiger partial charge in [0.25, 0.3) is 5.91 Å². The second kappa shape index (κ2) is 10.8. The number of pyridine rings is 2. The minimum Gasteiger partial charge on any atom is -0.494 e. The van der Waals surface area contributed by atoms with Crippen LogP contribution in [-0.4, -0.2) is 51.1 Å². The van der Waals surface area contributed by atoms with E-state index in [9.17, 15) is 27.5 Å². The SMILES string of the molecule is COc1ccc(-c2nc(C(=O)N3CCC(C(O)c4ccncc4F)CC3)c(CN)o2)c2ccc(C(F)(F)F)nc12. The number of hydrogen-bond acceptors (Lipinski definition) is 8. The topological polar surface area (TPSA) is 128 Å². The van der Waals surface area contributed by atoms with Gasteiger partial charge in [-0.3, -0.25) is 9.78 Å². The maximum Gasteiger partial charge on any atom is 0.433 e. The van der Waals surface area contributed by atoms with Gasteiger partial charge in [-0.2, -0.15) is 13.2 Å². The van der Waals surface area contributed by atoms with Gasteiger partial charge < -0.3 is 24.9 Å². The summed E-state index contributed by atoms with van der Waals surface area (Å²) in [6.45, 7) is 0.430. The number of piperidine rings is 1. The number of benzene rings is 1. The van der Waals surface area contributed by atoms with Gasteiger partial charge in [0.2, 0.25) is 5.89 Å². The quantitative estimate of drug-likeness (QED) is 0.331. The van der Waals surface area contributed by atoms with Gasteiger partial charge in [-0.1, -0.05) is 0 Å². The van der Waals surface area contributed by atoms with E-state index in [1.807, 2.05) is 0 Å². The Morgan fingerprint density at radius 3 is 2.60 bits per heavy atom. The molecule has 13 heteroatoms. The number of halogens is 4. The molecule has 0 spiro atoms. The van der Waals surface area contributed by atoms with Gasteiger partial charge in [0, 0.05) is 35.8 Å². The van der Waals surface area contributed by atoms with E-state index in [1.54, 1.807) is 11.0 Å². The van der Waals surface area contributed by atoms with Crippen LogP contribution in [0.3, 0.4) is 0 Å². The van der Waals surface area contributed by atoms with Crippen LogP contribution < -0.4 is 10.5 Å². The van der Waals surface area contributed by atoms with E-state index in [2.05, 4.69) is 15.0 Å². The number of methoxy groups -OCH3 is 1. The highest BCUT2D eigenvalue weighted by Gasteiger charge is 2.34. The third-order valence-corrected chi connectivity index (χ3v) is 7.04. The molecule has 1 unspecified atom stereocenters. The van der Waals surface area contributed by atoms with Crippen LogP contribution >= 0.6 is 0 Å². The van der Waals surface area contributed by atoms with E-state index in [0.29, 0.717) is 18.4 Å². The van der Waals surface area contributed by atoms with Crippen LogP contribution in [0.25, 0.3) is 22.4 Å². The van der Waals surface area contributed by atoms with Crippen molar-refractivity contribution in [1.29, 1.82) is 0 Å². The van der Waals surface area contributed by atoms with Gasteiger partial charge in [-0.25, -0.2) is 14.4 Å². The standard InChI is InChI=1S/C27H25F4N5O4/c1-39-19-4-2-16(15-3-5-21(27(29,30)31)34-22(15)19)25-35-23(20(12-32)40-25)26(38)36-10-7-14(8-11-36)24(37)17-6-9-33-13-18(17)28/h2-6,9,13-14,24,37H,7-8,10-12,32H2,1H3. The van der Waals surface area contributed by atoms with E-state index < -0.39 is 29.7 Å². The second-order valence-corrected chi connectivity index (χ2v) is 9.37. The molecule has 3 aromatic heterocycles. The van der Waals surface area contributed by atoms with Crippen molar-refractivity contribution in [3.8, 4) is 17.2 Å². The Kier molecular flexibility index (Phi) is 7.43. The Bertz CT molecular complexity index is 1550. The van der Waals surface area contributed by atoms with E-state index >= 15 is 0 Å². The maximum absolute atomic E-state index is 14.1. The molecular weight excluding hydrogens is 534 g/mol. The summed E-state index contributed by atoms with van der Waals surface area (Å²) in [7, 11) is 1.32. The Morgan fingerprint density at radius 2 is 1.95 bits per heavy atom. The number of ether oxygens (including phenoxy) is 1. The highest BCUT2D eigenvalue weighted by atomic mass is 19.4. The number of amides is 1. The molecule has 0 saturated carbocycles. The third-order valence-electron chi connectivity index (χ3n) is 7.04. The zero-order valence-electron chi connectivity index (χ0n) is 21.3. The number of alkyl halides is 3. The number of carbonyl (C=O) groups excluding carboxylic acids is 1. The first-order valence-electron chi connectivity index (χ1n) is 12.4. The number of oxazole rings is 1. The third kappa shape index (κ3) is 5.09. The van der Waals surface area contributed by atoms with Crippen molar-refractivity contribution in [2.75, 3.05) is 20.2 Å². The van der Waals surface area contributed by atoms with Crippen LogP contribution in [0.5, 0.6) is 5.75 Å². The number of hydrogen-bond donors (Lipinski definition) is 2. The van der Waals surface area contributed by atoms with Gasteiger partial charge >= 0.3 is 6.18 Å². The summed E-state index contributed by atoms with van der Waals surface area (Å²) in [5, 5.41) is 11.0. The number of rotatable bonds is 6. The van der Waals surface area contributed by atoms with Crippen molar-refractivity contribution in [2.24, 2.45) is 11.7 Å². The lowest BCUT2D eigenvalue weighted by atomic mass is 9.87. The number of likely N-dealkylation sites (tertiary alicyclic amines) is 1. The highest BCUT2D eigenvalue weighted by molar-refractivity contribution is 5.98. The summed E-state index contributed by atoms with van der Waals surface area (Å²) in [5.74, 6) is -1.05. The van der Waals surface area contributed by atoms with Crippen LogP contribution in [0.4, 0.5) is 17.6 Å². The molecule has 1 aliphatic heterocycles. The molecule has 1 aliphatic rings. The molecule has 1 aromatic carbocycles. The zero-order chi connectivity index (χ0) is 28.6. The molecule has 4 heterocycles. The van der Waals surface area contributed by atoms with Crippen molar-refractivity contribution < 1.29 is 36.6 Å². The fourth-order valence-electron chi connectivity index (χ4n) is 4.92. The Labute approximate surface area is 225 Å². The summed E-state index contributed by atoms with van der Waals surface area (Å²) in [6.07, 6.45) is -2.38. The molecule has 1 fully saturated rings. The smallest absolute Gasteiger partial charge is 0.433 e. The molecule has 9 nitrogen and oxygen atoms in total. The van der Waals surface area contributed by atoms with Crippen LogP contribution in [-0.2, 0) is 12.7 Å². The summed E-state index contributed by atoms with van der Waals surface area (Å²) in [5.41, 5.74) is 5.18. The normalized spacial score (nSPS) is 15.4. The van der Waals surface area contributed by atoms with Gasteiger partial charge in [0.15, 0.2) is 11.5 Å². The molecule has 40 heavy (non-hydrogen) atoms. The van der Waals surface area contributed by atoms with Crippen LogP contribution in [0.15, 0.2) is 47.1 Å². The van der Waals surface area contributed by atoms with Crippen molar-refractivity contribution in [2.45, 2.75) is 31.7 Å². The number of nitrogens with zero attached hydrogens (tertiary/aromatic N) is 4. The fourth-order valence-corrected chi connectivity index (χ4v) is 4.92. The van der Waals surface area contributed by atoms with E-state index in [-0.39, 0.29) is 65.1 Å². The van der Waals surface area contributed by atoms with Crippen molar-refractivity contribution in [3.63, 3.8) is 0 Å². The first-order valence-corrected chi connectivity index (χ1v) is 12.4. The summed E-state index contributed by atoms with van der Waals surface area (Å²) >= 11 is 0. The number of aliphatic hydroxyl groups is 1. The minimum atomic E-state index is -4.65. The number of nitrogens with two attached hydrogens (primary N) is 1. The molecule has 0 bridgehead atoms. The van der Waals surface area contributed by atoms with Gasteiger partial charge in [0.05, 0.1) is 26.0 Å². The molecule has 1 atom stereocenters. The van der Waals surface area contributed by atoms with Crippen LogP contribution in [0.2, 0.25) is 0 Å². The number of carbonyl (C=O) groups is 1. The molecule has 5 rings (SSSR count). The monoisotopic (exact) mass is 559 g/mol. The van der Waals surface area contributed by atoms with Gasteiger partial charge in [-0.05, 0) is 49.1 Å². The molecule has 4 aromatic rings. The number of fused-ring (bicyclic) bond motifs is 1. The number of aliphatic hydroxyl groups excluding tert-OH is 1. The van der Waals surface area contributed by atoms with Crippen molar-refractivity contribution >= 4 is 16.8 Å². The average Bonchev–Trinajstić information content (AvgIpc) is 3.39. The Morgan fingerprint density at radius 1 is 1.20 bits per heavy atom. The predicted octanol–water partition coefficient (Wildman–Crippen LogP) is 4.50. The van der Waals surface area contributed by atoms with E-state index in [1.165, 1.54) is 31.5 Å². The fraction of sp³-hybridized carbons (Fsp3) is 0.333. The molecule has 210 valence electrons. The molecule has 0 radical (unpaired) electrons. The van der Waals surface area contributed by atoms with Crippen molar-refractivity contribution in [3.05, 3.63) is 71.3 Å². The molecule has 0 aliphatic carbocycles. The Balaban J connectivity index is 1.40. The van der Waals surface area contributed by atoms with Gasteiger partial charge in [-0.15, -0.1) is 0 Å². The summed E-state index contributed by atoms with van der Waals surface area (Å²) in [6, 6.07) is 6.53. The lowest BCUT2D eigenvalue weighted by molar-refractivity contribution is -0.140. The van der Waals surface area contributed by atoms with E-state index in [0.717, 1.165) is 12.3 Å². The average molecular weight is 560 g/mol. The van der Waals surface area contributed by atoms with E-state index in [4.69, 9.17) is 14.9 Å². The van der Waals surface area contributed by atoms with Crippen molar-refractivity contribution in [1.82, 2.24) is 19.9 Å². The molecule has 3 N–H and O–H groups in total. The second-order valence-electron chi connectivity index (χ2n) is 9.37. The predicted molar refractivity (Wildman–Crippen MR) is 134 cm³/mol. The van der Waals surface area contributed by atoms with Gasteiger partial charge in [0.1, 0.15) is 22.8 Å². The summed E-state index contributed by atoms with van der Waals surface area (Å²) in [4.78, 5) is 26.8. The molecule has 1 saturated heterocycles. The largest absolute Gasteiger partial charge is 0.494 e. The zero-order valence-corrected chi connectivity index (χ0v) is 21.3. The lowest BCUT2D eigenvalue weighted by Gasteiger charge is -2.34. The minimum absolute atomic E-state index is 0.00326. The first-order chi connectivity index (χ1) is 19.1. The van der Waals surface area contributed by atoms with Crippen LogP contribution in [0, 0.1) is 11.7 Å². The maximum atomic E-state index is 14.1.